The van der Waals surface area contributed by atoms with E-state index >= 15 is 0 Å². The second kappa shape index (κ2) is 6.88. The molecule has 1 fully saturated rings. The van der Waals surface area contributed by atoms with Gasteiger partial charge in [-0.15, -0.1) is 0 Å². The fourth-order valence-corrected chi connectivity index (χ4v) is 4.55. The Morgan fingerprint density at radius 3 is 2.60 bits per heavy atom. The van der Waals surface area contributed by atoms with Crippen LogP contribution in [0.3, 0.4) is 0 Å². The summed E-state index contributed by atoms with van der Waals surface area (Å²) < 4.78 is 13.3. The number of hydrogen-bond donors (Lipinski definition) is 0. The van der Waals surface area contributed by atoms with Crippen LogP contribution in [-0.2, 0) is 12.1 Å². The summed E-state index contributed by atoms with van der Waals surface area (Å²) in [5.41, 5.74) is 1.37. The molecule has 6 nitrogen and oxygen atoms in total. The van der Waals surface area contributed by atoms with Crippen LogP contribution in [0, 0.1) is 5.95 Å². The summed E-state index contributed by atoms with van der Waals surface area (Å²) in [5, 5.41) is 0.560. The van der Waals surface area contributed by atoms with Crippen molar-refractivity contribution in [2.75, 3.05) is 13.1 Å². The lowest BCUT2D eigenvalue weighted by Crippen LogP contribution is -2.58. The van der Waals surface area contributed by atoms with E-state index in [4.69, 9.17) is 11.6 Å². The van der Waals surface area contributed by atoms with Gasteiger partial charge in [0.1, 0.15) is 5.66 Å². The van der Waals surface area contributed by atoms with Gasteiger partial charge in [0, 0.05) is 48.7 Å². The lowest BCUT2D eigenvalue weighted by Gasteiger charge is -2.47. The molecule has 1 atom stereocenters. The molecule has 8 heteroatoms. The van der Waals surface area contributed by atoms with Crippen LogP contribution in [0.25, 0.3) is 0 Å². The number of benzene rings is 1. The molecule has 4 heterocycles. The highest BCUT2D eigenvalue weighted by Gasteiger charge is 2.55. The Kier molecular flexibility index (Phi) is 4.29. The molecular weight excluding hydrogens is 407 g/mol. The lowest BCUT2D eigenvalue weighted by molar-refractivity contribution is 0.00763. The molecule has 5 rings (SSSR count). The predicted molar refractivity (Wildman–Crippen MR) is 107 cm³/mol. The molecule has 3 aromatic rings. The maximum atomic E-state index is 13.5. The van der Waals surface area contributed by atoms with Crippen LogP contribution in [0.4, 0.5) is 4.39 Å². The SMILES string of the molecule is O=C(c1ccc(F)nc1)N1CCN2C(=O)c3ccncc3CC12c1ccc(Cl)cc1. The molecule has 2 aliphatic heterocycles. The largest absolute Gasteiger partial charge is 0.309 e. The highest BCUT2D eigenvalue weighted by atomic mass is 35.5. The number of aromatic nitrogens is 2. The molecule has 1 saturated heterocycles. The average molecular weight is 423 g/mol. The summed E-state index contributed by atoms with van der Waals surface area (Å²) in [7, 11) is 0. The molecular formula is C22H16ClFN4O2. The quantitative estimate of drug-likeness (QED) is 0.594. The van der Waals surface area contributed by atoms with Crippen molar-refractivity contribution in [3.05, 3.63) is 94.3 Å². The van der Waals surface area contributed by atoms with Gasteiger partial charge in [-0.1, -0.05) is 23.7 Å². The Bertz CT molecular complexity index is 1150. The minimum Gasteiger partial charge on any atom is -0.309 e. The van der Waals surface area contributed by atoms with Crippen molar-refractivity contribution in [1.82, 2.24) is 19.8 Å². The molecule has 1 unspecified atom stereocenters. The van der Waals surface area contributed by atoms with Crippen molar-refractivity contribution >= 4 is 23.4 Å². The molecule has 0 N–H and O–H groups in total. The normalized spacial score (nSPS) is 20.1. The predicted octanol–water partition coefficient (Wildman–Crippen LogP) is 3.28. The molecule has 0 radical (unpaired) electrons. The van der Waals surface area contributed by atoms with Crippen molar-refractivity contribution in [2.45, 2.75) is 12.1 Å². The Morgan fingerprint density at radius 2 is 1.87 bits per heavy atom. The van der Waals surface area contributed by atoms with Crippen molar-refractivity contribution in [1.29, 1.82) is 0 Å². The molecule has 0 saturated carbocycles. The summed E-state index contributed by atoms with van der Waals surface area (Å²) in [6.45, 7) is 0.718. The van der Waals surface area contributed by atoms with E-state index in [0.717, 1.165) is 17.2 Å². The second-order valence-electron chi connectivity index (χ2n) is 7.32. The molecule has 0 bridgehead atoms. The van der Waals surface area contributed by atoms with E-state index in [1.807, 2.05) is 12.1 Å². The van der Waals surface area contributed by atoms with Gasteiger partial charge in [0.15, 0.2) is 0 Å². The Balaban J connectivity index is 1.68. The van der Waals surface area contributed by atoms with Crippen molar-refractivity contribution < 1.29 is 14.0 Å². The summed E-state index contributed by atoms with van der Waals surface area (Å²) in [6, 6.07) is 11.4. The van der Waals surface area contributed by atoms with Gasteiger partial charge in [-0.3, -0.25) is 14.6 Å². The van der Waals surface area contributed by atoms with Crippen molar-refractivity contribution in [2.24, 2.45) is 0 Å². The number of carbonyl (C=O) groups excluding carboxylic acids is 2. The first-order valence-electron chi connectivity index (χ1n) is 9.45. The Labute approximate surface area is 176 Å². The van der Waals surface area contributed by atoms with Crippen LogP contribution in [-0.4, -0.2) is 44.7 Å². The van der Waals surface area contributed by atoms with E-state index in [0.29, 0.717) is 30.1 Å². The molecule has 0 aliphatic carbocycles. The Hall–Kier alpha value is -3.32. The number of fused-ring (bicyclic) bond motifs is 2. The zero-order valence-electron chi connectivity index (χ0n) is 15.8. The third kappa shape index (κ3) is 2.69. The minimum absolute atomic E-state index is 0.152. The number of pyridine rings is 2. The molecule has 2 aliphatic rings. The Morgan fingerprint density at radius 1 is 1.07 bits per heavy atom. The second-order valence-corrected chi connectivity index (χ2v) is 7.75. The zero-order chi connectivity index (χ0) is 20.9. The number of carbonyl (C=O) groups is 2. The highest BCUT2D eigenvalue weighted by molar-refractivity contribution is 6.30. The van der Waals surface area contributed by atoms with Gasteiger partial charge in [0.05, 0.1) is 5.56 Å². The number of hydrogen-bond acceptors (Lipinski definition) is 4. The molecule has 30 heavy (non-hydrogen) atoms. The van der Waals surface area contributed by atoms with E-state index in [1.165, 1.54) is 12.3 Å². The van der Waals surface area contributed by atoms with E-state index in [-0.39, 0.29) is 17.4 Å². The fraction of sp³-hybridized carbons (Fsp3) is 0.182. The third-order valence-corrected chi connectivity index (χ3v) is 6.03. The van der Waals surface area contributed by atoms with Gasteiger partial charge in [0.2, 0.25) is 5.95 Å². The summed E-state index contributed by atoms with van der Waals surface area (Å²) in [5.74, 6) is -1.13. The van der Waals surface area contributed by atoms with Crippen LogP contribution in [0.2, 0.25) is 5.02 Å². The van der Waals surface area contributed by atoms with Gasteiger partial charge in [-0.2, -0.15) is 4.39 Å². The number of amides is 2. The monoisotopic (exact) mass is 422 g/mol. The van der Waals surface area contributed by atoms with Gasteiger partial charge in [-0.05, 0) is 41.5 Å². The van der Waals surface area contributed by atoms with Gasteiger partial charge < -0.3 is 9.80 Å². The van der Waals surface area contributed by atoms with Gasteiger partial charge in [-0.25, -0.2) is 4.98 Å². The molecule has 1 aromatic carbocycles. The number of halogens is 2. The van der Waals surface area contributed by atoms with E-state index < -0.39 is 11.6 Å². The van der Waals surface area contributed by atoms with E-state index in [9.17, 15) is 14.0 Å². The molecule has 2 aromatic heterocycles. The molecule has 0 spiro atoms. The van der Waals surface area contributed by atoms with Crippen LogP contribution >= 0.6 is 11.6 Å². The third-order valence-electron chi connectivity index (χ3n) is 5.78. The smallest absolute Gasteiger partial charge is 0.257 e. The first-order valence-corrected chi connectivity index (χ1v) is 9.83. The van der Waals surface area contributed by atoms with E-state index in [2.05, 4.69) is 9.97 Å². The number of rotatable bonds is 2. The first-order chi connectivity index (χ1) is 14.5. The van der Waals surface area contributed by atoms with Gasteiger partial charge in [0.25, 0.3) is 11.8 Å². The fourth-order valence-electron chi connectivity index (χ4n) is 4.42. The molecule has 2 amide bonds. The first kappa shape index (κ1) is 18.7. The average Bonchev–Trinajstić information content (AvgIpc) is 3.15. The summed E-state index contributed by atoms with van der Waals surface area (Å²) >= 11 is 6.10. The molecule has 150 valence electrons. The van der Waals surface area contributed by atoms with Crippen LogP contribution < -0.4 is 0 Å². The standard InChI is InChI=1S/C22H16ClFN4O2/c23-17-4-2-16(3-5-17)22-11-15-12-25-8-7-18(15)21(30)28(22)10-9-27(22)20(29)14-1-6-19(24)26-13-14/h1-8,12-13H,9-11H2. The van der Waals surface area contributed by atoms with Crippen LogP contribution in [0.5, 0.6) is 0 Å². The summed E-state index contributed by atoms with van der Waals surface area (Å²) in [6.07, 6.45) is 4.87. The van der Waals surface area contributed by atoms with Crippen molar-refractivity contribution in [3.63, 3.8) is 0 Å². The zero-order valence-corrected chi connectivity index (χ0v) is 16.5. The van der Waals surface area contributed by atoms with E-state index in [1.54, 1.807) is 40.4 Å². The van der Waals surface area contributed by atoms with Crippen LogP contribution in [0.15, 0.2) is 61.1 Å². The van der Waals surface area contributed by atoms with Gasteiger partial charge >= 0.3 is 0 Å². The minimum atomic E-state index is -1.02. The lowest BCUT2D eigenvalue weighted by atomic mass is 9.84. The topological polar surface area (TPSA) is 66.4 Å². The highest BCUT2D eigenvalue weighted by Crippen LogP contribution is 2.45. The van der Waals surface area contributed by atoms with Crippen molar-refractivity contribution in [3.8, 4) is 0 Å². The van der Waals surface area contributed by atoms with Crippen LogP contribution in [0.1, 0.15) is 31.8 Å². The number of nitrogens with zero attached hydrogens (tertiary/aromatic N) is 4. The summed E-state index contributed by atoms with van der Waals surface area (Å²) in [4.78, 5) is 38.0. The maximum Gasteiger partial charge on any atom is 0.257 e. The maximum absolute atomic E-state index is 13.5.